The summed E-state index contributed by atoms with van der Waals surface area (Å²) >= 11 is 0. The molecule has 0 saturated heterocycles. The zero-order valence-corrected chi connectivity index (χ0v) is 17.6. The summed E-state index contributed by atoms with van der Waals surface area (Å²) in [5.41, 5.74) is 3.66. The molecule has 1 N–H and O–H groups in total. The molecule has 7 heteroatoms. The molecule has 1 heterocycles. The van der Waals surface area contributed by atoms with Crippen LogP contribution in [0.15, 0.2) is 59.8 Å². The molecule has 0 aliphatic heterocycles. The van der Waals surface area contributed by atoms with Crippen molar-refractivity contribution < 1.29 is 13.2 Å². The number of carbonyl (C=O) groups excluding carboxylic acids is 1. The highest BCUT2D eigenvalue weighted by Crippen LogP contribution is 2.25. The monoisotopic (exact) mass is 409 g/mol. The number of nitrogens with zero attached hydrogens (tertiary/aromatic N) is 2. The normalized spacial score (nSPS) is 12.4. The Morgan fingerprint density at radius 2 is 1.59 bits per heavy atom. The van der Waals surface area contributed by atoms with E-state index in [-0.39, 0.29) is 22.4 Å². The smallest absolute Gasteiger partial charge is 0.251 e. The van der Waals surface area contributed by atoms with Gasteiger partial charge >= 0.3 is 0 Å². The zero-order chi connectivity index (χ0) is 21.2. The first kappa shape index (κ1) is 20.7. The molecule has 0 spiro atoms. The minimum Gasteiger partial charge on any atom is -0.345 e. The van der Waals surface area contributed by atoms with Crippen LogP contribution in [0.3, 0.4) is 0 Å². The highest BCUT2D eigenvalue weighted by atomic mass is 32.2. The fourth-order valence-electron chi connectivity index (χ4n) is 2.85. The van der Waals surface area contributed by atoms with Crippen LogP contribution in [-0.2, 0) is 9.84 Å². The van der Waals surface area contributed by atoms with Crippen LogP contribution >= 0.6 is 0 Å². The summed E-state index contributed by atoms with van der Waals surface area (Å²) in [7, 11) is -3.48. The van der Waals surface area contributed by atoms with E-state index in [1.165, 1.54) is 6.07 Å². The Bertz CT molecular complexity index is 1140. The molecule has 0 bridgehead atoms. The lowest BCUT2D eigenvalue weighted by Gasteiger charge is -2.15. The van der Waals surface area contributed by atoms with Crippen LogP contribution < -0.4 is 5.32 Å². The SMILES string of the molecule is Cc1ccc(-c2cc(C(=O)N[C@H](C)c3cnc(C)nc3)cc(S(C)(=O)=O)c2)cc1. The summed E-state index contributed by atoms with van der Waals surface area (Å²) < 4.78 is 24.3. The lowest BCUT2D eigenvalue weighted by atomic mass is 10.0. The van der Waals surface area contributed by atoms with Crippen LogP contribution in [0.1, 0.15) is 40.3 Å². The van der Waals surface area contributed by atoms with Crippen LogP contribution in [0.2, 0.25) is 0 Å². The molecule has 1 atom stereocenters. The van der Waals surface area contributed by atoms with Crippen molar-refractivity contribution in [2.75, 3.05) is 6.26 Å². The van der Waals surface area contributed by atoms with Gasteiger partial charge in [0.05, 0.1) is 10.9 Å². The maximum absolute atomic E-state index is 12.9. The van der Waals surface area contributed by atoms with E-state index in [4.69, 9.17) is 0 Å². The second kappa shape index (κ2) is 8.13. The first-order valence-corrected chi connectivity index (χ1v) is 11.0. The molecule has 6 nitrogen and oxygen atoms in total. The average Bonchev–Trinajstić information content (AvgIpc) is 2.68. The number of aryl methyl sites for hydroxylation is 2. The number of aromatic nitrogens is 2. The molecule has 0 aliphatic carbocycles. The van der Waals surface area contributed by atoms with Crippen molar-refractivity contribution >= 4 is 15.7 Å². The predicted octanol–water partition coefficient (Wildman–Crippen LogP) is 3.65. The minimum atomic E-state index is -3.48. The predicted molar refractivity (Wildman–Crippen MR) is 112 cm³/mol. The van der Waals surface area contributed by atoms with Gasteiger partial charge in [0.2, 0.25) is 0 Å². The molecule has 3 aromatic rings. The first-order valence-electron chi connectivity index (χ1n) is 9.15. The van der Waals surface area contributed by atoms with Gasteiger partial charge in [-0.2, -0.15) is 0 Å². The lowest BCUT2D eigenvalue weighted by molar-refractivity contribution is 0.0939. The largest absolute Gasteiger partial charge is 0.345 e. The fraction of sp³-hybridized carbons (Fsp3) is 0.227. The summed E-state index contributed by atoms with van der Waals surface area (Å²) in [4.78, 5) is 21.3. The van der Waals surface area contributed by atoms with Gasteiger partial charge in [0.25, 0.3) is 5.91 Å². The minimum absolute atomic E-state index is 0.104. The molecule has 0 radical (unpaired) electrons. The van der Waals surface area contributed by atoms with Gasteiger partial charge in [-0.05, 0) is 50.1 Å². The maximum atomic E-state index is 12.9. The molecule has 1 aromatic heterocycles. The quantitative estimate of drug-likeness (QED) is 0.695. The van der Waals surface area contributed by atoms with E-state index >= 15 is 0 Å². The molecule has 150 valence electrons. The van der Waals surface area contributed by atoms with Crippen molar-refractivity contribution in [2.45, 2.75) is 31.7 Å². The van der Waals surface area contributed by atoms with E-state index in [0.29, 0.717) is 11.4 Å². The molecule has 0 unspecified atom stereocenters. The number of benzene rings is 2. The number of hydrogen-bond acceptors (Lipinski definition) is 5. The third-order valence-electron chi connectivity index (χ3n) is 4.63. The van der Waals surface area contributed by atoms with Crippen LogP contribution in [0.25, 0.3) is 11.1 Å². The number of rotatable bonds is 5. The average molecular weight is 410 g/mol. The lowest BCUT2D eigenvalue weighted by Crippen LogP contribution is -2.27. The van der Waals surface area contributed by atoms with Gasteiger partial charge < -0.3 is 5.32 Å². The number of nitrogens with one attached hydrogen (secondary N) is 1. The van der Waals surface area contributed by atoms with Crippen LogP contribution in [0, 0.1) is 13.8 Å². The molecule has 1 amide bonds. The van der Waals surface area contributed by atoms with E-state index in [1.807, 2.05) is 38.1 Å². The Hall–Kier alpha value is -3.06. The summed E-state index contributed by atoms with van der Waals surface area (Å²) in [6.45, 7) is 5.59. The Kier molecular flexibility index (Phi) is 5.79. The summed E-state index contributed by atoms with van der Waals surface area (Å²) in [5, 5.41) is 2.88. The second-order valence-electron chi connectivity index (χ2n) is 7.14. The van der Waals surface area contributed by atoms with E-state index in [2.05, 4.69) is 15.3 Å². The Labute approximate surface area is 171 Å². The number of hydrogen-bond donors (Lipinski definition) is 1. The van der Waals surface area contributed by atoms with Crippen LogP contribution in [-0.4, -0.2) is 30.5 Å². The van der Waals surface area contributed by atoms with E-state index in [1.54, 1.807) is 31.5 Å². The molecule has 0 saturated carbocycles. The van der Waals surface area contributed by atoms with Gasteiger partial charge in [0.15, 0.2) is 9.84 Å². The maximum Gasteiger partial charge on any atom is 0.251 e. The van der Waals surface area contributed by atoms with E-state index in [0.717, 1.165) is 22.9 Å². The highest BCUT2D eigenvalue weighted by Gasteiger charge is 2.17. The van der Waals surface area contributed by atoms with Crippen LogP contribution in [0.4, 0.5) is 0 Å². The Morgan fingerprint density at radius 3 is 2.17 bits per heavy atom. The fourth-order valence-corrected chi connectivity index (χ4v) is 3.53. The molecule has 0 aliphatic rings. The number of carbonyl (C=O) groups is 1. The third kappa shape index (κ3) is 5.06. The standard InChI is InChI=1S/C22H23N3O3S/c1-14-5-7-17(8-6-14)18-9-19(11-21(10-18)29(4,27)28)22(26)25-15(2)20-12-23-16(3)24-13-20/h5-13,15H,1-4H3,(H,25,26)/t15-/m1/s1. The van der Waals surface area contributed by atoms with Crippen molar-refractivity contribution in [3.8, 4) is 11.1 Å². The molecule has 3 rings (SSSR count). The summed E-state index contributed by atoms with van der Waals surface area (Å²) in [5.74, 6) is 0.285. The third-order valence-corrected chi connectivity index (χ3v) is 5.72. The molecule has 0 fully saturated rings. The van der Waals surface area contributed by atoms with Gasteiger partial charge in [-0.25, -0.2) is 18.4 Å². The number of amides is 1. The van der Waals surface area contributed by atoms with Gasteiger partial charge in [-0.3, -0.25) is 4.79 Å². The zero-order valence-electron chi connectivity index (χ0n) is 16.8. The van der Waals surface area contributed by atoms with Crippen molar-refractivity contribution in [3.63, 3.8) is 0 Å². The first-order chi connectivity index (χ1) is 13.6. The van der Waals surface area contributed by atoms with Gasteiger partial charge in [-0.1, -0.05) is 29.8 Å². The molecule has 2 aromatic carbocycles. The molecular weight excluding hydrogens is 386 g/mol. The van der Waals surface area contributed by atoms with Crippen molar-refractivity contribution in [2.24, 2.45) is 0 Å². The highest BCUT2D eigenvalue weighted by molar-refractivity contribution is 7.90. The van der Waals surface area contributed by atoms with Crippen molar-refractivity contribution in [1.29, 1.82) is 0 Å². The van der Waals surface area contributed by atoms with E-state index in [9.17, 15) is 13.2 Å². The van der Waals surface area contributed by atoms with Gasteiger partial charge in [0.1, 0.15) is 5.82 Å². The Morgan fingerprint density at radius 1 is 0.966 bits per heavy atom. The summed E-state index contributed by atoms with van der Waals surface area (Å²) in [6, 6.07) is 12.1. The Balaban J connectivity index is 1.96. The van der Waals surface area contributed by atoms with Crippen molar-refractivity contribution in [3.05, 3.63) is 77.4 Å². The molecule has 29 heavy (non-hydrogen) atoms. The van der Waals surface area contributed by atoms with Crippen LogP contribution in [0.5, 0.6) is 0 Å². The summed E-state index contributed by atoms with van der Waals surface area (Å²) in [6.07, 6.45) is 4.46. The van der Waals surface area contributed by atoms with Gasteiger partial charge in [-0.15, -0.1) is 0 Å². The van der Waals surface area contributed by atoms with Crippen molar-refractivity contribution in [1.82, 2.24) is 15.3 Å². The van der Waals surface area contributed by atoms with Gasteiger partial charge in [0, 0.05) is 29.8 Å². The molecular formula is C22H23N3O3S. The number of sulfone groups is 1. The van der Waals surface area contributed by atoms with E-state index < -0.39 is 9.84 Å². The topological polar surface area (TPSA) is 89.0 Å². The second-order valence-corrected chi connectivity index (χ2v) is 9.16.